The third kappa shape index (κ3) is 4.97. The van der Waals surface area contributed by atoms with Crippen LogP contribution in [-0.2, 0) is 17.6 Å². The van der Waals surface area contributed by atoms with Gasteiger partial charge in [-0.2, -0.15) is 0 Å². The van der Waals surface area contributed by atoms with E-state index in [2.05, 4.69) is 17.2 Å². The number of rotatable bonds is 8. The standard InChI is InChI=1S/C22H24N2O3/c1-3-16-7-5-6-8-19(16)24-21(25)13-14-22-23-15-20(27-22)17-9-11-18(12-10-17)26-4-2/h5-12,15H,3-4,13-14H2,1-2H3,(H,24,25). The molecule has 1 aromatic heterocycles. The summed E-state index contributed by atoms with van der Waals surface area (Å²) >= 11 is 0. The molecule has 0 saturated carbocycles. The zero-order valence-corrected chi connectivity index (χ0v) is 15.7. The third-order valence-electron chi connectivity index (χ3n) is 4.24. The molecule has 0 fully saturated rings. The lowest BCUT2D eigenvalue weighted by molar-refractivity contribution is -0.116. The molecule has 1 amide bonds. The molecule has 0 saturated heterocycles. The minimum atomic E-state index is -0.0447. The predicted molar refractivity (Wildman–Crippen MR) is 106 cm³/mol. The smallest absolute Gasteiger partial charge is 0.224 e. The van der Waals surface area contributed by atoms with E-state index < -0.39 is 0 Å². The quantitative estimate of drug-likeness (QED) is 0.619. The van der Waals surface area contributed by atoms with Gasteiger partial charge in [-0.15, -0.1) is 0 Å². The maximum atomic E-state index is 12.2. The number of amides is 1. The van der Waals surface area contributed by atoms with Crippen LogP contribution in [0.2, 0.25) is 0 Å². The normalized spacial score (nSPS) is 10.6. The Morgan fingerprint density at radius 3 is 2.63 bits per heavy atom. The molecule has 0 aliphatic carbocycles. The Kier molecular flexibility index (Phi) is 6.26. The highest BCUT2D eigenvalue weighted by atomic mass is 16.5. The minimum Gasteiger partial charge on any atom is -0.494 e. The van der Waals surface area contributed by atoms with Crippen LogP contribution in [0, 0.1) is 0 Å². The number of carbonyl (C=O) groups is 1. The Morgan fingerprint density at radius 1 is 1.11 bits per heavy atom. The van der Waals surface area contributed by atoms with Gasteiger partial charge >= 0.3 is 0 Å². The fraction of sp³-hybridized carbons (Fsp3) is 0.273. The van der Waals surface area contributed by atoms with Gasteiger partial charge in [0.05, 0.1) is 12.8 Å². The molecule has 0 atom stereocenters. The summed E-state index contributed by atoms with van der Waals surface area (Å²) in [5, 5.41) is 2.97. The van der Waals surface area contributed by atoms with Crippen molar-refractivity contribution in [2.24, 2.45) is 0 Å². The number of nitrogens with zero attached hydrogens (tertiary/aromatic N) is 1. The molecule has 1 heterocycles. The zero-order chi connectivity index (χ0) is 19.1. The van der Waals surface area contributed by atoms with E-state index in [1.807, 2.05) is 55.5 Å². The average Bonchev–Trinajstić information content (AvgIpc) is 3.17. The van der Waals surface area contributed by atoms with E-state index in [4.69, 9.17) is 9.15 Å². The predicted octanol–water partition coefficient (Wildman–Crippen LogP) is 4.87. The van der Waals surface area contributed by atoms with Gasteiger partial charge in [0.1, 0.15) is 5.75 Å². The summed E-state index contributed by atoms with van der Waals surface area (Å²) in [6.45, 7) is 4.66. The maximum Gasteiger partial charge on any atom is 0.224 e. The molecule has 0 aliphatic heterocycles. The van der Waals surface area contributed by atoms with Crippen LogP contribution >= 0.6 is 0 Å². The number of aryl methyl sites for hydroxylation is 2. The Morgan fingerprint density at radius 2 is 1.89 bits per heavy atom. The molecule has 0 spiro atoms. The van der Waals surface area contributed by atoms with E-state index in [1.54, 1.807) is 6.20 Å². The average molecular weight is 364 g/mol. The highest BCUT2D eigenvalue weighted by Crippen LogP contribution is 2.24. The maximum absolute atomic E-state index is 12.2. The Bertz CT molecular complexity index is 885. The van der Waals surface area contributed by atoms with Crippen molar-refractivity contribution in [2.45, 2.75) is 33.1 Å². The van der Waals surface area contributed by atoms with Crippen LogP contribution in [0.3, 0.4) is 0 Å². The van der Waals surface area contributed by atoms with Crippen LogP contribution in [-0.4, -0.2) is 17.5 Å². The van der Waals surface area contributed by atoms with Gasteiger partial charge in [0.15, 0.2) is 11.7 Å². The summed E-state index contributed by atoms with van der Waals surface area (Å²) in [4.78, 5) is 16.5. The van der Waals surface area contributed by atoms with E-state index >= 15 is 0 Å². The number of para-hydroxylation sites is 1. The van der Waals surface area contributed by atoms with Crippen molar-refractivity contribution in [3.63, 3.8) is 0 Å². The monoisotopic (exact) mass is 364 g/mol. The molecule has 0 radical (unpaired) electrons. The number of anilines is 1. The second-order valence-corrected chi connectivity index (χ2v) is 6.13. The summed E-state index contributed by atoms with van der Waals surface area (Å²) in [6.07, 6.45) is 3.34. The van der Waals surface area contributed by atoms with Gasteiger partial charge in [0.25, 0.3) is 0 Å². The number of benzene rings is 2. The number of ether oxygens (including phenoxy) is 1. The van der Waals surface area contributed by atoms with Crippen LogP contribution in [0.5, 0.6) is 5.75 Å². The van der Waals surface area contributed by atoms with Crippen molar-refractivity contribution in [2.75, 3.05) is 11.9 Å². The number of nitrogens with one attached hydrogen (secondary N) is 1. The molecule has 0 aliphatic rings. The van der Waals surface area contributed by atoms with Crippen molar-refractivity contribution in [1.82, 2.24) is 4.98 Å². The molecule has 0 bridgehead atoms. The van der Waals surface area contributed by atoms with Gasteiger partial charge < -0.3 is 14.5 Å². The van der Waals surface area contributed by atoms with Gasteiger partial charge in [0, 0.05) is 24.1 Å². The number of carbonyl (C=O) groups excluding carboxylic acids is 1. The summed E-state index contributed by atoms with van der Waals surface area (Å²) in [5.74, 6) is 2.02. The number of hydrogen-bond acceptors (Lipinski definition) is 4. The van der Waals surface area contributed by atoms with E-state index in [-0.39, 0.29) is 5.91 Å². The lowest BCUT2D eigenvalue weighted by Gasteiger charge is -2.08. The fourth-order valence-electron chi connectivity index (χ4n) is 2.83. The van der Waals surface area contributed by atoms with Gasteiger partial charge in [0.2, 0.25) is 5.91 Å². The van der Waals surface area contributed by atoms with Gasteiger partial charge in [-0.05, 0) is 49.2 Å². The van der Waals surface area contributed by atoms with Crippen molar-refractivity contribution in [3.8, 4) is 17.1 Å². The molecule has 3 aromatic rings. The Balaban J connectivity index is 1.57. The highest BCUT2D eigenvalue weighted by molar-refractivity contribution is 5.91. The summed E-state index contributed by atoms with van der Waals surface area (Å²) in [5.41, 5.74) is 2.92. The van der Waals surface area contributed by atoms with E-state index in [1.165, 1.54) is 0 Å². The molecule has 5 nitrogen and oxygen atoms in total. The highest BCUT2D eigenvalue weighted by Gasteiger charge is 2.10. The summed E-state index contributed by atoms with van der Waals surface area (Å²) in [6, 6.07) is 15.5. The fourth-order valence-corrected chi connectivity index (χ4v) is 2.83. The largest absolute Gasteiger partial charge is 0.494 e. The third-order valence-corrected chi connectivity index (χ3v) is 4.24. The first kappa shape index (κ1) is 18.7. The van der Waals surface area contributed by atoms with E-state index in [0.29, 0.717) is 31.1 Å². The minimum absolute atomic E-state index is 0.0447. The van der Waals surface area contributed by atoms with Crippen LogP contribution in [0.15, 0.2) is 59.1 Å². The summed E-state index contributed by atoms with van der Waals surface area (Å²) < 4.78 is 11.2. The number of aromatic nitrogens is 1. The van der Waals surface area contributed by atoms with E-state index in [9.17, 15) is 4.79 Å². The second kappa shape index (κ2) is 9.03. The Hall–Kier alpha value is -3.08. The molecule has 1 N–H and O–H groups in total. The SMILES string of the molecule is CCOc1ccc(-c2cnc(CCC(=O)Nc3ccccc3CC)o2)cc1. The number of oxazole rings is 1. The molecule has 5 heteroatoms. The molecule has 0 unspecified atom stereocenters. The van der Waals surface area contributed by atoms with Crippen molar-refractivity contribution < 1.29 is 13.9 Å². The first-order valence-corrected chi connectivity index (χ1v) is 9.25. The van der Waals surface area contributed by atoms with Gasteiger partial charge in [-0.1, -0.05) is 25.1 Å². The molecular weight excluding hydrogens is 340 g/mol. The number of hydrogen-bond donors (Lipinski definition) is 1. The van der Waals surface area contributed by atoms with Crippen LogP contribution in [0.1, 0.15) is 31.7 Å². The van der Waals surface area contributed by atoms with Crippen LogP contribution < -0.4 is 10.1 Å². The first-order valence-electron chi connectivity index (χ1n) is 9.25. The molecule has 3 rings (SSSR count). The van der Waals surface area contributed by atoms with Gasteiger partial charge in [-0.25, -0.2) is 4.98 Å². The second-order valence-electron chi connectivity index (χ2n) is 6.13. The van der Waals surface area contributed by atoms with E-state index in [0.717, 1.165) is 29.0 Å². The molecule has 2 aromatic carbocycles. The topological polar surface area (TPSA) is 64.4 Å². The van der Waals surface area contributed by atoms with Crippen molar-refractivity contribution in [3.05, 3.63) is 66.2 Å². The van der Waals surface area contributed by atoms with Crippen molar-refractivity contribution in [1.29, 1.82) is 0 Å². The molecule has 27 heavy (non-hydrogen) atoms. The van der Waals surface area contributed by atoms with Gasteiger partial charge in [-0.3, -0.25) is 4.79 Å². The Labute approximate surface area is 159 Å². The van der Waals surface area contributed by atoms with Crippen molar-refractivity contribution >= 4 is 11.6 Å². The van der Waals surface area contributed by atoms with Crippen LogP contribution in [0.4, 0.5) is 5.69 Å². The first-order chi connectivity index (χ1) is 13.2. The van der Waals surface area contributed by atoms with Crippen LogP contribution in [0.25, 0.3) is 11.3 Å². The zero-order valence-electron chi connectivity index (χ0n) is 15.7. The lowest BCUT2D eigenvalue weighted by Crippen LogP contribution is -2.13. The lowest BCUT2D eigenvalue weighted by atomic mass is 10.1. The molecular formula is C22H24N2O3. The summed E-state index contributed by atoms with van der Waals surface area (Å²) in [7, 11) is 0. The molecule has 140 valence electrons.